The molecule has 0 atom stereocenters. The Morgan fingerprint density at radius 2 is 1.80 bits per heavy atom. The highest BCUT2D eigenvalue weighted by molar-refractivity contribution is 8.01. The summed E-state index contributed by atoms with van der Waals surface area (Å²) in [5.74, 6) is 0.0149. The predicted molar refractivity (Wildman–Crippen MR) is 122 cm³/mol. The van der Waals surface area contributed by atoms with E-state index in [0.717, 1.165) is 30.8 Å². The summed E-state index contributed by atoms with van der Waals surface area (Å²) >= 11 is 2.72. The van der Waals surface area contributed by atoms with Crippen LogP contribution in [0.2, 0.25) is 0 Å². The molecule has 1 amide bonds. The van der Waals surface area contributed by atoms with E-state index in [1.807, 2.05) is 13.8 Å². The zero-order chi connectivity index (χ0) is 21.6. The molecule has 164 valence electrons. The van der Waals surface area contributed by atoms with Gasteiger partial charge in [-0.05, 0) is 51.0 Å². The number of nitrogens with zero attached hydrogens (tertiary/aromatic N) is 3. The molecule has 2 aromatic rings. The van der Waals surface area contributed by atoms with Crippen LogP contribution in [0.4, 0.5) is 10.8 Å². The van der Waals surface area contributed by atoms with Crippen LogP contribution in [0.15, 0.2) is 33.5 Å². The van der Waals surface area contributed by atoms with Crippen LogP contribution in [0, 0.1) is 0 Å². The van der Waals surface area contributed by atoms with Crippen molar-refractivity contribution in [3.63, 3.8) is 0 Å². The molecule has 8 nitrogen and oxygen atoms in total. The highest BCUT2D eigenvalue weighted by Gasteiger charge is 2.25. The van der Waals surface area contributed by atoms with E-state index in [-0.39, 0.29) is 22.6 Å². The topological polar surface area (TPSA) is 104 Å². The summed E-state index contributed by atoms with van der Waals surface area (Å²) in [6, 6.07) is 6.63. The molecule has 1 aromatic carbocycles. The Morgan fingerprint density at radius 3 is 2.43 bits per heavy atom. The molecule has 1 aromatic heterocycles. The van der Waals surface area contributed by atoms with E-state index in [4.69, 9.17) is 0 Å². The lowest BCUT2D eigenvalue weighted by Gasteiger charge is -2.20. The molecule has 2 heterocycles. The van der Waals surface area contributed by atoms with Gasteiger partial charge in [-0.15, -0.1) is 10.2 Å². The van der Waals surface area contributed by atoms with Crippen molar-refractivity contribution in [3.8, 4) is 0 Å². The first-order valence-corrected chi connectivity index (χ1v) is 13.2. The normalized spacial score (nSPS) is 15.7. The number of thioether (sulfide) groups is 1. The van der Waals surface area contributed by atoms with Gasteiger partial charge in [0.1, 0.15) is 0 Å². The average molecular weight is 470 g/mol. The molecule has 30 heavy (non-hydrogen) atoms. The smallest absolute Gasteiger partial charge is 0.243 e. The number of sulfonamides is 1. The maximum Gasteiger partial charge on any atom is 0.243 e. The Labute approximate surface area is 185 Å². The SMILES string of the molecule is CC(C)Nc1nnc(SCC(=O)Nc2ccc(S(=O)(=O)N3CCCCCC3)cc2)s1. The quantitative estimate of drug-likeness (QED) is 0.569. The first kappa shape index (κ1) is 23.0. The number of carbonyl (C=O) groups excluding carboxylic acids is 1. The van der Waals surface area contributed by atoms with E-state index in [1.54, 1.807) is 28.6 Å². The summed E-state index contributed by atoms with van der Waals surface area (Å²) in [5, 5.41) is 14.8. The summed E-state index contributed by atoms with van der Waals surface area (Å²) in [6.07, 6.45) is 3.94. The van der Waals surface area contributed by atoms with Crippen LogP contribution in [-0.4, -0.2) is 53.7 Å². The fraction of sp³-hybridized carbons (Fsp3) is 0.526. The molecule has 1 aliphatic rings. The van der Waals surface area contributed by atoms with E-state index in [0.29, 0.717) is 23.1 Å². The zero-order valence-corrected chi connectivity index (χ0v) is 19.6. The molecule has 1 saturated heterocycles. The van der Waals surface area contributed by atoms with Gasteiger partial charge >= 0.3 is 0 Å². The number of rotatable bonds is 8. The Hall–Kier alpha value is -1.69. The third-order valence-corrected chi connectivity index (χ3v) is 8.39. The molecule has 0 saturated carbocycles. The van der Waals surface area contributed by atoms with Gasteiger partial charge in [-0.1, -0.05) is 35.9 Å². The van der Waals surface area contributed by atoms with Crippen LogP contribution < -0.4 is 10.6 Å². The predicted octanol–water partition coefficient (Wildman–Crippen LogP) is 3.65. The summed E-state index contributed by atoms with van der Waals surface area (Å²) in [6.45, 7) is 5.17. The second kappa shape index (κ2) is 10.6. The monoisotopic (exact) mass is 469 g/mol. The van der Waals surface area contributed by atoms with E-state index in [9.17, 15) is 13.2 Å². The van der Waals surface area contributed by atoms with E-state index in [2.05, 4.69) is 20.8 Å². The van der Waals surface area contributed by atoms with Gasteiger partial charge in [0.15, 0.2) is 4.34 Å². The zero-order valence-electron chi connectivity index (χ0n) is 17.1. The van der Waals surface area contributed by atoms with Crippen LogP contribution in [0.1, 0.15) is 39.5 Å². The number of nitrogens with one attached hydrogen (secondary N) is 2. The van der Waals surface area contributed by atoms with Crippen molar-refractivity contribution >= 4 is 49.8 Å². The van der Waals surface area contributed by atoms with Gasteiger partial charge in [0.05, 0.1) is 10.6 Å². The summed E-state index contributed by atoms with van der Waals surface area (Å²) in [7, 11) is -3.49. The van der Waals surface area contributed by atoms with Gasteiger partial charge in [-0.2, -0.15) is 4.31 Å². The Balaban J connectivity index is 1.53. The summed E-state index contributed by atoms with van der Waals surface area (Å²) < 4.78 is 27.9. The molecule has 1 aliphatic heterocycles. The number of aromatic nitrogens is 2. The van der Waals surface area contributed by atoms with Crippen molar-refractivity contribution < 1.29 is 13.2 Å². The lowest BCUT2D eigenvalue weighted by molar-refractivity contribution is -0.113. The lowest BCUT2D eigenvalue weighted by atomic mass is 10.2. The Morgan fingerprint density at radius 1 is 1.13 bits per heavy atom. The van der Waals surface area contributed by atoms with Gasteiger partial charge < -0.3 is 10.6 Å². The van der Waals surface area contributed by atoms with Crippen LogP contribution >= 0.6 is 23.1 Å². The second-order valence-electron chi connectivity index (χ2n) is 7.35. The summed E-state index contributed by atoms with van der Waals surface area (Å²) in [5.41, 5.74) is 0.565. The van der Waals surface area contributed by atoms with E-state index < -0.39 is 10.0 Å². The van der Waals surface area contributed by atoms with E-state index >= 15 is 0 Å². The van der Waals surface area contributed by atoms with Crippen molar-refractivity contribution in [3.05, 3.63) is 24.3 Å². The molecular weight excluding hydrogens is 442 g/mol. The van der Waals surface area contributed by atoms with Crippen molar-refractivity contribution in [1.29, 1.82) is 0 Å². The number of benzene rings is 1. The fourth-order valence-corrected chi connectivity index (χ4v) is 6.25. The van der Waals surface area contributed by atoms with Crippen molar-refractivity contribution in [2.45, 2.75) is 54.8 Å². The number of carbonyl (C=O) groups is 1. The van der Waals surface area contributed by atoms with Crippen LogP contribution in [-0.2, 0) is 14.8 Å². The van der Waals surface area contributed by atoms with Crippen molar-refractivity contribution in [2.24, 2.45) is 0 Å². The van der Waals surface area contributed by atoms with E-state index in [1.165, 1.54) is 23.1 Å². The highest BCUT2D eigenvalue weighted by atomic mass is 32.2. The molecule has 11 heteroatoms. The van der Waals surface area contributed by atoms with Crippen LogP contribution in [0.5, 0.6) is 0 Å². The van der Waals surface area contributed by atoms with Gasteiger partial charge in [0, 0.05) is 24.8 Å². The van der Waals surface area contributed by atoms with Gasteiger partial charge in [0.2, 0.25) is 21.1 Å². The molecule has 3 rings (SSSR count). The number of hydrogen-bond donors (Lipinski definition) is 2. The minimum Gasteiger partial charge on any atom is -0.358 e. The Kier molecular flexibility index (Phi) is 8.09. The molecule has 2 N–H and O–H groups in total. The number of anilines is 2. The van der Waals surface area contributed by atoms with Crippen molar-refractivity contribution in [2.75, 3.05) is 29.5 Å². The standard InChI is InChI=1S/C19H27N5O3S3/c1-14(2)20-18-22-23-19(29-18)28-13-17(25)21-15-7-9-16(10-8-15)30(26,27)24-11-5-3-4-6-12-24/h7-10,14H,3-6,11-13H2,1-2H3,(H,20,22)(H,21,25). The molecule has 0 aliphatic carbocycles. The first-order valence-electron chi connectivity index (χ1n) is 9.97. The first-order chi connectivity index (χ1) is 14.3. The highest BCUT2D eigenvalue weighted by Crippen LogP contribution is 2.26. The molecule has 0 spiro atoms. The molecule has 0 bridgehead atoms. The lowest BCUT2D eigenvalue weighted by Crippen LogP contribution is -2.31. The molecule has 0 radical (unpaired) electrons. The molecule has 0 unspecified atom stereocenters. The minimum atomic E-state index is -3.49. The Bertz CT molecular complexity index is 937. The fourth-order valence-electron chi connectivity index (χ4n) is 3.04. The molecular formula is C19H27N5O3S3. The van der Waals surface area contributed by atoms with Crippen LogP contribution in [0.3, 0.4) is 0 Å². The number of amides is 1. The third-order valence-electron chi connectivity index (χ3n) is 4.49. The second-order valence-corrected chi connectivity index (χ2v) is 11.5. The molecule has 1 fully saturated rings. The summed E-state index contributed by atoms with van der Waals surface area (Å²) in [4.78, 5) is 12.5. The maximum atomic E-state index is 12.8. The maximum absolute atomic E-state index is 12.8. The largest absolute Gasteiger partial charge is 0.358 e. The van der Waals surface area contributed by atoms with Gasteiger partial charge in [0.25, 0.3) is 0 Å². The van der Waals surface area contributed by atoms with Crippen molar-refractivity contribution in [1.82, 2.24) is 14.5 Å². The number of hydrogen-bond acceptors (Lipinski definition) is 8. The third kappa shape index (κ3) is 6.40. The van der Waals surface area contributed by atoms with Crippen LogP contribution in [0.25, 0.3) is 0 Å². The average Bonchev–Trinajstić information content (AvgIpc) is 2.96. The minimum absolute atomic E-state index is 0.184. The van der Waals surface area contributed by atoms with Gasteiger partial charge in [-0.25, -0.2) is 8.42 Å². The van der Waals surface area contributed by atoms with Gasteiger partial charge in [-0.3, -0.25) is 4.79 Å².